The molecular weight excluding hydrogens is 254 g/mol. The van der Waals surface area contributed by atoms with Crippen LogP contribution in [0.3, 0.4) is 0 Å². The highest BCUT2D eigenvalue weighted by molar-refractivity contribution is 5.89. The first-order valence-electron chi connectivity index (χ1n) is 6.75. The van der Waals surface area contributed by atoms with Crippen LogP contribution in [0.25, 0.3) is 0 Å². The molecule has 0 radical (unpaired) electrons. The number of rotatable bonds is 4. The molecule has 0 bridgehead atoms. The van der Waals surface area contributed by atoms with Crippen LogP contribution in [0.5, 0.6) is 0 Å². The lowest BCUT2D eigenvalue weighted by atomic mass is 10.2. The number of aliphatic imine (C=N–C) groups is 1. The van der Waals surface area contributed by atoms with Gasteiger partial charge in [0.05, 0.1) is 0 Å². The van der Waals surface area contributed by atoms with Gasteiger partial charge in [0.2, 0.25) is 5.96 Å². The largest absolute Gasteiger partial charge is 0.443 e. The van der Waals surface area contributed by atoms with E-state index in [0.29, 0.717) is 0 Å². The average molecular weight is 277 g/mol. The number of carbonyl (C=O) groups excluding carboxylic acids is 1. The monoisotopic (exact) mass is 277 g/mol. The van der Waals surface area contributed by atoms with Gasteiger partial charge in [-0.2, -0.15) is 0 Å². The number of amides is 1. The quantitative estimate of drug-likeness (QED) is 0.678. The summed E-state index contributed by atoms with van der Waals surface area (Å²) in [6, 6.07) is 9.79. The van der Waals surface area contributed by atoms with E-state index in [-0.39, 0.29) is 24.7 Å². The summed E-state index contributed by atoms with van der Waals surface area (Å²) in [5, 5.41) is 0. The number of nitrogens with two attached hydrogens (primary N) is 1. The molecule has 20 heavy (non-hydrogen) atoms. The molecule has 5 heteroatoms. The van der Waals surface area contributed by atoms with Crippen molar-refractivity contribution >= 4 is 12.1 Å². The summed E-state index contributed by atoms with van der Waals surface area (Å²) in [5.74, 6) is 0.188. The number of guanidine groups is 1. The van der Waals surface area contributed by atoms with Gasteiger partial charge in [0.25, 0.3) is 0 Å². The topological polar surface area (TPSA) is 67.9 Å². The Kier molecular flexibility index (Phi) is 6.03. The molecule has 0 aliphatic carbocycles. The van der Waals surface area contributed by atoms with Crippen molar-refractivity contribution in [2.45, 2.75) is 46.4 Å². The fraction of sp³-hybridized carbons (Fsp3) is 0.467. The lowest BCUT2D eigenvalue weighted by Gasteiger charge is -2.31. The van der Waals surface area contributed by atoms with Gasteiger partial charge >= 0.3 is 6.09 Å². The third-order valence-electron chi connectivity index (χ3n) is 2.79. The van der Waals surface area contributed by atoms with Gasteiger partial charge in [0, 0.05) is 12.1 Å². The molecule has 1 aromatic carbocycles. The lowest BCUT2D eigenvalue weighted by Crippen LogP contribution is -2.46. The maximum absolute atomic E-state index is 11.7. The molecule has 5 nitrogen and oxygen atoms in total. The minimum atomic E-state index is -0.669. The fourth-order valence-electron chi connectivity index (χ4n) is 2.03. The molecule has 0 atom stereocenters. The third kappa shape index (κ3) is 4.91. The molecule has 1 aromatic rings. The van der Waals surface area contributed by atoms with E-state index in [2.05, 4.69) is 4.99 Å². The Morgan fingerprint density at radius 2 is 1.75 bits per heavy atom. The molecule has 0 unspecified atom stereocenters. The van der Waals surface area contributed by atoms with Crippen molar-refractivity contribution < 1.29 is 9.53 Å². The van der Waals surface area contributed by atoms with Gasteiger partial charge < -0.3 is 15.4 Å². The second-order valence-corrected chi connectivity index (χ2v) is 5.10. The predicted octanol–water partition coefficient (Wildman–Crippen LogP) is 2.76. The van der Waals surface area contributed by atoms with Crippen LogP contribution in [0.2, 0.25) is 0 Å². The fourth-order valence-corrected chi connectivity index (χ4v) is 2.03. The minimum Gasteiger partial charge on any atom is -0.443 e. The maximum Gasteiger partial charge on any atom is 0.437 e. The lowest BCUT2D eigenvalue weighted by molar-refractivity contribution is 0.150. The van der Waals surface area contributed by atoms with E-state index >= 15 is 0 Å². The van der Waals surface area contributed by atoms with Gasteiger partial charge in [-0.05, 0) is 33.3 Å². The van der Waals surface area contributed by atoms with E-state index in [1.165, 1.54) is 0 Å². The zero-order valence-electron chi connectivity index (χ0n) is 12.5. The van der Waals surface area contributed by atoms with Crippen LogP contribution in [0, 0.1) is 0 Å². The van der Waals surface area contributed by atoms with Crippen LogP contribution >= 0.6 is 0 Å². The second-order valence-electron chi connectivity index (χ2n) is 5.10. The minimum absolute atomic E-state index is 0.167. The van der Waals surface area contributed by atoms with Crippen LogP contribution in [0.15, 0.2) is 35.3 Å². The smallest absolute Gasteiger partial charge is 0.437 e. The highest BCUT2D eigenvalue weighted by atomic mass is 16.5. The molecule has 0 aromatic heterocycles. The molecule has 0 saturated heterocycles. The van der Waals surface area contributed by atoms with Crippen LogP contribution < -0.4 is 5.73 Å². The summed E-state index contributed by atoms with van der Waals surface area (Å²) in [6.45, 7) is 8.19. The summed E-state index contributed by atoms with van der Waals surface area (Å²) in [4.78, 5) is 17.3. The summed E-state index contributed by atoms with van der Waals surface area (Å²) in [7, 11) is 0. The molecule has 0 fully saturated rings. The highest BCUT2D eigenvalue weighted by Crippen LogP contribution is 2.06. The number of carbonyl (C=O) groups is 1. The number of hydrogen-bond acceptors (Lipinski definition) is 2. The van der Waals surface area contributed by atoms with Crippen molar-refractivity contribution in [3.63, 3.8) is 0 Å². The van der Waals surface area contributed by atoms with Crippen molar-refractivity contribution in [2.75, 3.05) is 0 Å². The van der Waals surface area contributed by atoms with E-state index < -0.39 is 6.09 Å². The van der Waals surface area contributed by atoms with E-state index in [9.17, 15) is 4.79 Å². The molecule has 0 aliphatic heterocycles. The van der Waals surface area contributed by atoms with Crippen LogP contribution in [-0.2, 0) is 11.3 Å². The molecule has 0 heterocycles. The van der Waals surface area contributed by atoms with E-state index in [4.69, 9.17) is 10.5 Å². The first kappa shape index (κ1) is 16.0. The van der Waals surface area contributed by atoms with Gasteiger partial charge in [-0.1, -0.05) is 30.3 Å². The summed E-state index contributed by atoms with van der Waals surface area (Å²) in [5.41, 5.74) is 6.78. The number of ether oxygens (including phenoxy) is 1. The Balaban J connectivity index is 2.61. The first-order valence-corrected chi connectivity index (χ1v) is 6.75. The Bertz CT molecular complexity index is 447. The van der Waals surface area contributed by atoms with Gasteiger partial charge in [-0.15, -0.1) is 4.99 Å². The standard InChI is InChI=1S/C15H23N3O2/c1-11(2)18(12(3)4)14(16)17-15(19)20-10-13-8-6-5-7-9-13/h5-9,11-12H,10H2,1-4H3,(H2,16,17,19). The van der Waals surface area contributed by atoms with Crippen molar-refractivity contribution in [1.82, 2.24) is 4.90 Å². The number of hydrogen-bond donors (Lipinski definition) is 1. The van der Waals surface area contributed by atoms with Crippen LogP contribution in [-0.4, -0.2) is 29.0 Å². The zero-order chi connectivity index (χ0) is 15.1. The highest BCUT2D eigenvalue weighted by Gasteiger charge is 2.17. The van der Waals surface area contributed by atoms with Crippen molar-refractivity contribution in [3.05, 3.63) is 35.9 Å². The van der Waals surface area contributed by atoms with E-state index in [0.717, 1.165) is 5.56 Å². The Morgan fingerprint density at radius 3 is 2.25 bits per heavy atom. The molecule has 0 saturated carbocycles. The molecule has 1 amide bonds. The van der Waals surface area contributed by atoms with E-state index in [1.54, 1.807) is 0 Å². The zero-order valence-corrected chi connectivity index (χ0v) is 12.5. The molecule has 0 spiro atoms. The predicted molar refractivity (Wildman–Crippen MR) is 80.4 cm³/mol. The third-order valence-corrected chi connectivity index (χ3v) is 2.79. The van der Waals surface area contributed by atoms with Gasteiger partial charge in [-0.25, -0.2) is 4.79 Å². The molecule has 1 rings (SSSR count). The summed E-state index contributed by atoms with van der Waals surface area (Å²) >= 11 is 0. The molecular formula is C15H23N3O2. The molecule has 110 valence electrons. The summed E-state index contributed by atoms with van der Waals surface area (Å²) < 4.78 is 5.08. The van der Waals surface area contributed by atoms with Gasteiger partial charge in [0.1, 0.15) is 6.61 Å². The van der Waals surface area contributed by atoms with Crippen molar-refractivity contribution in [1.29, 1.82) is 0 Å². The Morgan fingerprint density at radius 1 is 1.20 bits per heavy atom. The maximum atomic E-state index is 11.7. The Labute approximate surface area is 120 Å². The first-order chi connectivity index (χ1) is 9.41. The van der Waals surface area contributed by atoms with Gasteiger partial charge in [0.15, 0.2) is 0 Å². The van der Waals surface area contributed by atoms with Gasteiger partial charge in [-0.3, -0.25) is 0 Å². The van der Waals surface area contributed by atoms with E-state index in [1.807, 2.05) is 62.9 Å². The Hall–Kier alpha value is -2.04. The van der Waals surface area contributed by atoms with Crippen LogP contribution in [0.4, 0.5) is 4.79 Å². The average Bonchev–Trinajstić information content (AvgIpc) is 2.36. The SMILES string of the molecule is CC(C)N(C(N)=NC(=O)OCc1ccccc1)C(C)C. The summed E-state index contributed by atoms with van der Waals surface area (Å²) in [6.07, 6.45) is -0.669. The number of benzene rings is 1. The normalized spacial score (nSPS) is 11.8. The molecule has 0 aliphatic rings. The number of nitrogens with zero attached hydrogens (tertiary/aromatic N) is 2. The second kappa shape index (κ2) is 7.53. The van der Waals surface area contributed by atoms with Crippen molar-refractivity contribution in [3.8, 4) is 0 Å². The van der Waals surface area contributed by atoms with Crippen LogP contribution in [0.1, 0.15) is 33.3 Å². The molecule has 2 N–H and O–H groups in total. The van der Waals surface area contributed by atoms with Crippen molar-refractivity contribution in [2.24, 2.45) is 10.7 Å².